The zero-order valence-electron chi connectivity index (χ0n) is 12.4. The number of hydrogen-bond acceptors (Lipinski definition) is 3. The second-order valence-electron chi connectivity index (χ2n) is 5.64. The van der Waals surface area contributed by atoms with Crippen LogP contribution in [0.5, 0.6) is 5.75 Å². The van der Waals surface area contributed by atoms with Crippen LogP contribution in [-0.2, 0) is 0 Å². The van der Waals surface area contributed by atoms with Gasteiger partial charge in [0.05, 0.1) is 13.2 Å². The summed E-state index contributed by atoms with van der Waals surface area (Å²) in [5, 5.41) is 3.24. The van der Waals surface area contributed by atoms with E-state index >= 15 is 0 Å². The molecule has 1 saturated heterocycles. The van der Waals surface area contributed by atoms with Crippen molar-refractivity contribution in [3.8, 4) is 5.75 Å². The molecule has 5 heteroatoms. The first-order valence-corrected chi connectivity index (χ1v) is 8.70. The van der Waals surface area contributed by atoms with E-state index in [1.165, 1.54) is 18.4 Å². The van der Waals surface area contributed by atoms with Crippen LogP contribution in [0.15, 0.2) is 24.3 Å². The number of carbonyl (C=O) groups excluding carboxylic acids is 1. The second-order valence-corrected chi connectivity index (χ2v) is 6.86. The normalized spacial score (nSPS) is 20.0. The van der Waals surface area contributed by atoms with Crippen LogP contribution in [0, 0.1) is 5.92 Å². The van der Waals surface area contributed by atoms with Crippen LogP contribution in [0.2, 0.25) is 0 Å². The number of hydrogen-bond donors (Lipinski definition) is 1. The Balaban J connectivity index is 1.67. The van der Waals surface area contributed by atoms with E-state index in [0.717, 1.165) is 30.3 Å². The van der Waals surface area contributed by atoms with E-state index in [0.29, 0.717) is 5.92 Å². The Morgan fingerprint density at radius 3 is 2.52 bits per heavy atom. The van der Waals surface area contributed by atoms with Crippen molar-refractivity contribution in [2.75, 3.05) is 31.7 Å². The minimum atomic E-state index is 0.0861. The lowest BCUT2D eigenvalue weighted by molar-refractivity contribution is 0.197. The monoisotopic (exact) mass is 306 g/mol. The Bertz CT molecular complexity index is 482. The summed E-state index contributed by atoms with van der Waals surface area (Å²) in [6.45, 7) is 1.72. The Morgan fingerprint density at radius 2 is 1.95 bits per heavy atom. The average molecular weight is 306 g/mol. The van der Waals surface area contributed by atoms with Crippen LogP contribution < -0.4 is 10.1 Å². The molecule has 2 fully saturated rings. The zero-order valence-corrected chi connectivity index (χ0v) is 13.2. The van der Waals surface area contributed by atoms with Crippen molar-refractivity contribution in [3.63, 3.8) is 0 Å². The quantitative estimate of drug-likeness (QED) is 0.930. The lowest BCUT2D eigenvalue weighted by Gasteiger charge is -2.29. The molecule has 1 saturated carbocycles. The molecule has 1 unspecified atom stereocenters. The number of amides is 2. The van der Waals surface area contributed by atoms with Crippen molar-refractivity contribution < 1.29 is 9.53 Å². The van der Waals surface area contributed by atoms with Gasteiger partial charge in [-0.1, -0.05) is 12.1 Å². The number of urea groups is 1. The van der Waals surface area contributed by atoms with Crippen LogP contribution >= 0.6 is 11.8 Å². The summed E-state index contributed by atoms with van der Waals surface area (Å²) in [4.78, 5) is 14.4. The number of methoxy groups -OCH3 is 1. The molecule has 1 aliphatic heterocycles. The maximum atomic E-state index is 12.4. The lowest BCUT2D eigenvalue weighted by Crippen LogP contribution is -2.45. The number of carbonyl (C=O) groups is 1. The molecule has 4 nitrogen and oxygen atoms in total. The van der Waals surface area contributed by atoms with Gasteiger partial charge in [0.15, 0.2) is 0 Å². The number of nitrogens with zero attached hydrogens (tertiary/aromatic N) is 1. The molecule has 1 aromatic rings. The van der Waals surface area contributed by atoms with Crippen molar-refractivity contribution >= 4 is 17.8 Å². The van der Waals surface area contributed by atoms with Gasteiger partial charge in [-0.3, -0.25) is 0 Å². The highest BCUT2D eigenvalue weighted by Gasteiger charge is 2.34. The molecule has 1 atom stereocenters. The fraction of sp³-hybridized carbons (Fsp3) is 0.562. The molecule has 2 amide bonds. The van der Waals surface area contributed by atoms with Gasteiger partial charge in [-0.15, -0.1) is 0 Å². The summed E-state index contributed by atoms with van der Waals surface area (Å²) >= 11 is 1.92. The highest BCUT2D eigenvalue weighted by atomic mass is 32.2. The minimum Gasteiger partial charge on any atom is -0.497 e. The molecule has 0 bridgehead atoms. The number of nitrogens with one attached hydrogen (secondary N) is 1. The van der Waals surface area contributed by atoms with Gasteiger partial charge in [0, 0.05) is 24.6 Å². The molecule has 1 aromatic carbocycles. The Morgan fingerprint density at radius 1 is 1.29 bits per heavy atom. The minimum absolute atomic E-state index is 0.0861. The standard InChI is InChI=1S/C16H22N2O2S/c1-20-14-6-4-13(5-7-14)15(12-2-3-12)17-16(19)18-8-10-21-11-9-18/h4-7,12,15H,2-3,8-11H2,1H3,(H,17,19). The predicted molar refractivity (Wildman–Crippen MR) is 85.9 cm³/mol. The SMILES string of the molecule is COc1ccc(C(NC(=O)N2CCSCC2)C2CC2)cc1. The molecular formula is C16H22N2O2S. The van der Waals surface area contributed by atoms with E-state index in [1.807, 2.05) is 28.8 Å². The highest BCUT2D eigenvalue weighted by Crippen LogP contribution is 2.41. The maximum Gasteiger partial charge on any atom is 0.317 e. The van der Waals surface area contributed by atoms with E-state index in [4.69, 9.17) is 4.74 Å². The fourth-order valence-corrected chi connectivity index (χ4v) is 3.61. The van der Waals surface area contributed by atoms with E-state index in [9.17, 15) is 4.79 Å². The molecule has 0 spiro atoms. The molecule has 21 heavy (non-hydrogen) atoms. The van der Waals surface area contributed by atoms with Gasteiger partial charge in [0.1, 0.15) is 5.75 Å². The van der Waals surface area contributed by atoms with Gasteiger partial charge < -0.3 is 15.0 Å². The summed E-state index contributed by atoms with van der Waals surface area (Å²) < 4.78 is 5.20. The Kier molecular flexibility index (Phi) is 4.58. The van der Waals surface area contributed by atoms with Crippen LogP contribution in [0.1, 0.15) is 24.4 Å². The summed E-state index contributed by atoms with van der Waals surface area (Å²) in [5.74, 6) is 3.53. The number of thioether (sulfide) groups is 1. The van der Waals surface area contributed by atoms with E-state index < -0.39 is 0 Å². The van der Waals surface area contributed by atoms with Crippen molar-refractivity contribution in [2.24, 2.45) is 5.92 Å². The van der Waals surface area contributed by atoms with Crippen molar-refractivity contribution in [1.82, 2.24) is 10.2 Å². The summed E-state index contributed by atoms with van der Waals surface area (Å²) in [6.07, 6.45) is 2.40. The molecule has 114 valence electrons. The Hall–Kier alpha value is -1.36. The number of ether oxygens (including phenoxy) is 1. The molecule has 0 radical (unpaired) electrons. The van der Waals surface area contributed by atoms with Crippen LogP contribution in [-0.4, -0.2) is 42.6 Å². The number of rotatable bonds is 4. The van der Waals surface area contributed by atoms with Gasteiger partial charge in [0.2, 0.25) is 0 Å². The molecule has 2 aliphatic rings. The van der Waals surface area contributed by atoms with Crippen molar-refractivity contribution in [1.29, 1.82) is 0 Å². The van der Waals surface area contributed by atoms with Gasteiger partial charge in [-0.2, -0.15) is 11.8 Å². The third-order valence-electron chi connectivity index (χ3n) is 4.15. The molecule has 3 rings (SSSR count). The topological polar surface area (TPSA) is 41.6 Å². The van der Waals surface area contributed by atoms with Crippen LogP contribution in [0.3, 0.4) is 0 Å². The summed E-state index contributed by atoms with van der Waals surface area (Å²) in [7, 11) is 1.67. The van der Waals surface area contributed by atoms with Crippen molar-refractivity contribution in [2.45, 2.75) is 18.9 Å². The first-order chi connectivity index (χ1) is 10.3. The molecule has 0 aromatic heterocycles. The molecule has 1 heterocycles. The first-order valence-electron chi connectivity index (χ1n) is 7.55. The van der Waals surface area contributed by atoms with Crippen LogP contribution in [0.4, 0.5) is 4.79 Å². The zero-order chi connectivity index (χ0) is 14.7. The fourth-order valence-electron chi connectivity index (χ4n) is 2.70. The summed E-state index contributed by atoms with van der Waals surface area (Å²) in [6, 6.07) is 8.28. The lowest BCUT2D eigenvalue weighted by atomic mass is 10.0. The molecule has 1 aliphatic carbocycles. The van der Waals surface area contributed by atoms with Crippen molar-refractivity contribution in [3.05, 3.63) is 29.8 Å². The first kappa shape index (κ1) is 14.6. The largest absolute Gasteiger partial charge is 0.497 e. The van der Waals surface area contributed by atoms with E-state index in [2.05, 4.69) is 17.4 Å². The van der Waals surface area contributed by atoms with Crippen LogP contribution in [0.25, 0.3) is 0 Å². The Labute approximate surface area is 130 Å². The van der Waals surface area contributed by atoms with E-state index in [-0.39, 0.29) is 12.1 Å². The smallest absolute Gasteiger partial charge is 0.317 e. The van der Waals surface area contributed by atoms with Gasteiger partial charge in [-0.25, -0.2) is 4.79 Å². The molecule has 1 N–H and O–H groups in total. The highest BCUT2D eigenvalue weighted by molar-refractivity contribution is 7.99. The molecular weight excluding hydrogens is 284 g/mol. The van der Waals surface area contributed by atoms with Gasteiger partial charge in [-0.05, 0) is 36.5 Å². The average Bonchev–Trinajstić information content (AvgIpc) is 3.38. The van der Waals surface area contributed by atoms with Gasteiger partial charge in [0.25, 0.3) is 0 Å². The number of benzene rings is 1. The maximum absolute atomic E-state index is 12.4. The third kappa shape index (κ3) is 3.64. The summed E-state index contributed by atoms with van der Waals surface area (Å²) in [5.41, 5.74) is 1.18. The predicted octanol–water partition coefficient (Wildman–Crippen LogP) is 2.90. The third-order valence-corrected chi connectivity index (χ3v) is 5.09. The van der Waals surface area contributed by atoms with E-state index in [1.54, 1.807) is 7.11 Å². The van der Waals surface area contributed by atoms with Gasteiger partial charge >= 0.3 is 6.03 Å². The second kappa shape index (κ2) is 6.60.